The highest BCUT2D eigenvalue weighted by Crippen LogP contribution is 2.49. The second-order valence-corrected chi connectivity index (χ2v) is 12.1. The molecule has 0 amide bonds. The molecule has 0 fully saturated rings. The first-order valence-corrected chi connectivity index (χ1v) is 15.7. The van der Waals surface area contributed by atoms with Gasteiger partial charge in [0.25, 0.3) is 0 Å². The van der Waals surface area contributed by atoms with Crippen LogP contribution in [0.4, 0.5) is 22.7 Å². The monoisotopic (exact) mass is 570 g/mol. The normalized spacial score (nSPS) is 13.2. The molecule has 45 heavy (non-hydrogen) atoms. The van der Waals surface area contributed by atoms with Crippen molar-refractivity contribution >= 4 is 67.5 Å². The molecule has 8 aromatic rings. The smallest absolute Gasteiger partial charge is 0.361 e. The Morgan fingerprint density at radius 1 is 0.311 bits per heavy atom. The van der Waals surface area contributed by atoms with E-state index < -0.39 is 0 Å². The second kappa shape index (κ2) is 9.35. The molecule has 0 bridgehead atoms. The molecule has 0 saturated heterocycles. The first kappa shape index (κ1) is 24.6. The summed E-state index contributed by atoms with van der Waals surface area (Å²) >= 11 is 0. The third kappa shape index (κ3) is 3.41. The summed E-state index contributed by atoms with van der Waals surface area (Å²) in [5.74, 6) is 0. The van der Waals surface area contributed by atoms with Gasteiger partial charge in [0, 0.05) is 33.9 Å². The van der Waals surface area contributed by atoms with E-state index >= 15 is 0 Å². The van der Waals surface area contributed by atoms with Crippen LogP contribution in [0.5, 0.6) is 0 Å². The van der Waals surface area contributed by atoms with Gasteiger partial charge in [-0.15, -0.1) is 0 Å². The summed E-state index contributed by atoms with van der Waals surface area (Å²) in [4.78, 5) is 5.12. The number of para-hydroxylation sites is 3. The number of hydrogen-bond acceptors (Lipinski definition) is 2. The summed E-state index contributed by atoms with van der Waals surface area (Å²) in [6.45, 7) is -0.0763. The molecule has 10 rings (SSSR count). The van der Waals surface area contributed by atoms with Gasteiger partial charge in [-0.2, -0.15) is 0 Å². The van der Waals surface area contributed by atoms with Crippen LogP contribution in [0.15, 0.2) is 164 Å². The van der Waals surface area contributed by atoms with Crippen molar-refractivity contribution < 1.29 is 0 Å². The number of rotatable bonds is 2. The maximum atomic E-state index is 2.58. The lowest BCUT2D eigenvalue weighted by Crippen LogP contribution is -2.61. The SMILES string of the molecule is c1ccc(N2B3c4c(cccc4-c4ccccc4N3c3ccc4c5ccccc5c5ccccc5c4c3)-c3ccccc32)cc1. The first-order chi connectivity index (χ1) is 22.4. The molecule has 208 valence electrons. The van der Waals surface area contributed by atoms with Gasteiger partial charge in [-0.25, -0.2) is 0 Å². The summed E-state index contributed by atoms with van der Waals surface area (Å²) in [7, 11) is 0. The van der Waals surface area contributed by atoms with E-state index in [2.05, 4.69) is 173 Å². The van der Waals surface area contributed by atoms with Crippen molar-refractivity contribution in [2.75, 3.05) is 9.62 Å². The van der Waals surface area contributed by atoms with E-state index in [1.807, 2.05) is 0 Å². The Morgan fingerprint density at radius 2 is 0.756 bits per heavy atom. The van der Waals surface area contributed by atoms with Gasteiger partial charge in [0.1, 0.15) is 0 Å². The Morgan fingerprint density at radius 3 is 1.36 bits per heavy atom. The Bertz CT molecular complexity index is 2420. The Kier molecular flexibility index (Phi) is 5.12. The average Bonchev–Trinajstić information content (AvgIpc) is 3.12. The minimum atomic E-state index is -0.0763. The van der Waals surface area contributed by atoms with Crippen molar-refractivity contribution in [1.29, 1.82) is 0 Å². The predicted octanol–water partition coefficient (Wildman–Crippen LogP) is 10.5. The molecule has 2 aliphatic heterocycles. The highest BCUT2D eigenvalue weighted by Gasteiger charge is 2.46. The topological polar surface area (TPSA) is 6.48 Å². The molecule has 2 nitrogen and oxygen atoms in total. The van der Waals surface area contributed by atoms with Crippen LogP contribution < -0.4 is 15.1 Å². The lowest BCUT2D eigenvalue weighted by atomic mass is 9.53. The van der Waals surface area contributed by atoms with Crippen molar-refractivity contribution in [3.63, 3.8) is 0 Å². The number of fused-ring (bicyclic) bond motifs is 10. The van der Waals surface area contributed by atoms with Crippen molar-refractivity contribution in [2.24, 2.45) is 0 Å². The zero-order chi connectivity index (χ0) is 29.5. The van der Waals surface area contributed by atoms with Crippen LogP contribution in [0.2, 0.25) is 0 Å². The van der Waals surface area contributed by atoms with Gasteiger partial charge in [0.15, 0.2) is 0 Å². The van der Waals surface area contributed by atoms with Crippen LogP contribution >= 0.6 is 0 Å². The zero-order valence-corrected chi connectivity index (χ0v) is 24.6. The van der Waals surface area contributed by atoms with Crippen LogP contribution in [0.3, 0.4) is 0 Å². The second-order valence-electron chi connectivity index (χ2n) is 12.1. The fraction of sp³-hybridized carbons (Fsp3) is 0. The summed E-state index contributed by atoms with van der Waals surface area (Å²) in [5, 5.41) is 7.74. The van der Waals surface area contributed by atoms with Crippen molar-refractivity contribution in [3.8, 4) is 22.3 Å². The van der Waals surface area contributed by atoms with E-state index in [1.54, 1.807) is 0 Å². The molecule has 0 radical (unpaired) electrons. The summed E-state index contributed by atoms with van der Waals surface area (Å²) in [6.07, 6.45) is 0. The van der Waals surface area contributed by atoms with E-state index in [-0.39, 0.29) is 6.98 Å². The highest BCUT2D eigenvalue weighted by molar-refractivity contribution is 6.86. The maximum Gasteiger partial charge on any atom is 0.421 e. The number of hydrogen-bond donors (Lipinski definition) is 0. The largest absolute Gasteiger partial charge is 0.421 e. The predicted molar refractivity (Wildman–Crippen MR) is 192 cm³/mol. The van der Waals surface area contributed by atoms with E-state index in [0.717, 1.165) is 0 Å². The van der Waals surface area contributed by atoms with Crippen molar-refractivity contribution in [2.45, 2.75) is 0 Å². The van der Waals surface area contributed by atoms with Gasteiger partial charge in [0.05, 0.1) is 0 Å². The van der Waals surface area contributed by atoms with Gasteiger partial charge >= 0.3 is 6.98 Å². The quantitative estimate of drug-likeness (QED) is 0.151. The average molecular weight is 571 g/mol. The van der Waals surface area contributed by atoms with Crippen LogP contribution in [0.1, 0.15) is 0 Å². The maximum absolute atomic E-state index is 2.58. The van der Waals surface area contributed by atoms with Crippen LogP contribution in [0.25, 0.3) is 54.6 Å². The molecule has 2 aliphatic rings. The molecule has 0 atom stereocenters. The van der Waals surface area contributed by atoms with Crippen molar-refractivity contribution in [3.05, 3.63) is 164 Å². The summed E-state index contributed by atoms with van der Waals surface area (Å²) < 4.78 is 0. The Labute approximate surface area is 262 Å². The third-order valence-electron chi connectivity index (χ3n) is 9.80. The number of nitrogens with zero attached hydrogens (tertiary/aromatic N) is 2. The van der Waals surface area contributed by atoms with E-state index in [1.165, 1.54) is 82.8 Å². The molecule has 0 aliphatic carbocycles. The van der Waals surface area contributed by atoms with Gasteiger partial charge in [-0.1, -0.05) is 127 Å². The minimum Gasteiger partial charge on any atom is -0.361 e. The molecule has 0 spiro atoms. The summed E-state index contributed by atoms with van der Waals surface area (Å²) in [5.41, 5.74) is 11.3. The standard InChI is InChI=1S/C42H27BN2/c1-2-13-28(14-3-1)44-40-23-10-8-19-35(40)37-21-12-22-38-36-20-9-11-24-41(36)45(43(44)42(37)38)29-25-26-34-32-17-5-4-15-30(32)31-16-6-7-18-33(31)39(34)27-29/h1-27H. The van der Waals surface area contributed by atoms with Crippen LogP contribution in [0, 0.1) is 0 Å². The fourth-order valence-electron chi connectivity index (χ4n) is 7.97. The first-order valence-electron chi connectivity index (χ1n) is 15.7. The zero-order valence-electron chi connectivity index (χ0n) is 24.6. The van der Waals surface area contributed by atoms with E-state index in [0.29, 0.717) is 0 Å². The van der Waals surface area contributed by atoms with Gasteiger partial charge in [0.2, 0.25) is 0 Å². The van der Waals surface area contributed by atoms with Crippen LogP contribution in [-0.2, 0) is 0 Å². The Hall–Kier alpha value is -5.80. The van der Waals surface area contributed by atoms with Gasteiger partial charge in [-0.05, 0) is 85.3 Å². The lowest BCUT2D eigenvalue weighted by molar-refractivity contribution is 1.27. The highest BCUT2D eigenvalue weighted by atomic mass is 15.2. The van der Waals surface area contributed by atoms with Crippen molar-refractivity contribution in [1.82, 2.24) is 0 Å². The fourth-order valence-corrected chi connectivity index (χ4v) is 7.97. The molecule has 0 N–H and O–H groups in total. The molecule has 3 heteroatoms. The van der Waals surface area contributed by atoms with Gasteiger partial charge in [-0.3, -0.25) is 0 Å². The molecular formula is C42H27BN2. The molecule has 0 saturated carbocycles. The molecule has 0 aromatic heterocycles. The van der Waals surface area contributed by atoms with Crippen LogP contribution in [-0.4, -0.2) is 6.98 Å². The van der Waals surface area contributed by atoms with E-state index in [9.17, 15) is 0 Å². The molecule has 8 aromatic carbocycles. The molecule has 0 unspecified atom stereocenters. The minimum absolute atomic E-state index is 0.0763. The summed E-state index contributed by atoms with van der Waals surface area (Å²) in [6, 6.07) is 60.3. The number of benzene rings is 8. The molecule has 2 heterocycles. The Balaban J connectivity index is 1.32. The third-order valence-corrected chi connectivity index (χ3v) is 9.80. The van der Waals surface area contributed by atoms with E-state index in [4.69, 9.17) is 0 Å². The molecular weight excluding hydrogens is 543 g/mol. The lowest BCUT2D eigenvalue weighted by Gasteiger charge is -2.47. The number of anilines is 4. The van der Waals surface area contributed by atoms with Gasteiger partial charge < -0.3 is 9.62 Å².